The number of benzene rings is 3. The van der Waals surface area contributed by atoms with Gasteiger partial charge in [-0.1, -0.05) is 29.8 Å². The van der Waals surface area contributed by atoms with Gasteiger partial charge < -0.3 is 10.1 Å². The molecule has 0 saturated heterocycles. The molecular formula is C24H15ClF5N3O2. The summed E-state index contributed by atoms with van der Waals surface area (Å²) in [4.78, 5) is 12.5. The minimum Gasteiger partial charge on any atom is -0.483 e. The highest BCUT2D eigenvalue weighted by atomic mass is 35.5. The third-order valence-corrected chi connectivity index (χ3v) is 5.26. The lowest BCUT2D eigenvalue weighted by atomic mass is 10.1. The molecule has 0 aliphatic rings. The number of rotatable bonds is 7. The molecule has 0 atom stereocenters. The van der Waals surface area contributed by atoms with Gasteiger partial charge in [-0.3, -0.25) is 9.48 Å². The average molecular weight is 508 g/mol. The molecule has 1 aromatic heterocycles. The van der Waals surface area contributed by atoms with Crippen LogP contribution in [0.15, 0.2) is 60.9 Å². The lowest BCUT2D eigenvalue weighted by Crippen LogP contribution is -2.11. The largest absolute Gasteiger partial charge is 0.483 e. The molecule has 0 aliphatic carbocycles. The number of anilines is 1. The van der Waals surface area contributed by atoms with Crippen LogP contribution in [0.2, 0.25) is 5.02 Å². The molecule has 0 spiro atoms. The second-order valence-electron chi connectivity index (χ2n) is 7.40. The Morgan fingerprint density at radius 1 is 0.971 bits per heavy atom. The van der Waals surface area contributed by atoms with E-state index in [1.807, 2.05) is 0 Å². The van der Waals surface area contributed by atoms with E-state index >= 15 is 0 Å². The second-order valence-corrected chi connectivity index (χ2v) is 7.81. The summed E-state index contributed by atoms with van der Waals surface area (Å²) in [6.07, 6.45) is 3.00. The first-order chi connectivity index (χ1) is 16.7. The molecule has 180 valence electrons. The van der Waals surface area contributed by atoms with Crippen LogP contribution in [0.5, 0.6) is 5.75 Å². The van der Waals surface area contributed by atoms with Crippen molar-refractivity contribution in [1.29, 1.82) is 0 Å². The molecular weight excluding hydrogens is 493 g/mol. The first kappa shape index (κ1) is 24.2. The fourth-order valence-electron chi connectivity index (χ4n) is 3.13. The number of carbonyl (C=O) groups is 1. The summed E-state index contributed by atoms with van der Waals surface area (Å²) in [5.41, 5.74) is 1.71. The second kappa shape index (κ2) is 10.1. The van der Waals surface area contributed by atoms with Crippen LogP contribution in [0.4, 0.5) is 27.6 Å². The molecule has 5 nitrogen and oxygen atoms in total. The highest BCUT2D eigenvalue weighted by molar-refractivity contribution is 6.31. The number of hydrogen-bond acceptors (Lipinski definition) is 3. The molecule has 1 N–H and O–H groups in total. The molecule has 0 unspecified atom stereocenters. The van der Waals surface area contributed by atoms with E-state index in [0.717, 1.165) is 0 Å². The molecule has 3 aromatic carbocycles. The lowest BCUT2D eigenvalue weighted by Gasteiger charge is -2.10. The molecule has 4 aromatic rings. The smallest absolute Gasteiger partial charge is 0.255 e. The van der Waals surface area contributed by atoms with E-state index in [4.69, 9.17) is 16.3 Å². The number of aromatic nitrogens is 2. The van der Waals surface area contributed by atoms with Crippen LogP contribution in [-0.2, 0) is 13.2 Å². The first-order valence-electron chi connectivity index (χ1n) is 10.0. The number of nitrogens with one attached hydrogen (secondary N) is 1. The summed E-state index contributed by atoms with van der Waals surface area (Å²) in [5.74, 6) is -8.49. The normalized spacial score (nSPS) is 10.9. The highest BCUT2D eigenvalue weighted by Crippen LogP contribution is 2.27. The minimum atomic E-state index is -1.64. The molecule has 0 saturated carbocycles. The van der Waals surface area contributed by atoms with Crippen molar-refractivity contribution in [1.82, 2.24) is 9.78 Å². The quantitative estimate of drug-likeness (QED) is 0.242. The summed E-state index contributed by atoms with van der Waals surface area (Å²) >= 11 is 6.02. The molecule has 1 heterocycles. The minimum absolute atomic E-state index is 0.0899. The Kier molecular flexibility index (Phi) is 7.02. The van der Waals surface area contributed by atoms with Crippen LogP contribution in [-0.4, -0.2) is 15.7 Å². The van der Waals surface area contributed by atoms with E-state index < -0.39 is 47.3 Å². The fraction of sp³-hybridized carbons (Fsp3) is 0.0833. The molecule has 4 rings (SSSR count). The zero-order valence-corrected chi connectivity index (χ0v) is 18.4. The number of hydrogen-bond donors (Lipinski definition) is 1. The van der Waals surface area contributed by atoms with E-state index in [9.17, 15) is 26.7 Å². The lowest BCUT2D eigenvalue weighted by molar-refractivity contribution is 0.102. The third kappa shape index (κ3) is 5.60. The Morgan fingerprint density at radius 3 is 2.31 bits per heavy atom. The van der Waals surface area contributed by atoms with Crippen molar-refractivity contribution in [3.05, 3.63) is 112 Å². The van der Waals surface area contributed by atoms with Crippen LogP contribution >= 0.6 is 11.6 Å². The topological polar surface area (TPSA) is 56.2 Å². The fourth-order valence-corrected chi connectivity index (χ4v) is 3.36. The van der Waals surface area contributed by atoms with Crippen molar-refractivity contribution >= 4 is 23.2 Å². The van der Waals surface area contributed by atoms with Crippen molar-refractivity contribution in [2.75, 3.05) is 5.32 Å². The number of amides is 1. The van der Waals surface area contributed by atoms with Crippen LogP contribution in [0, 0.1) is 29.1 Å². The van der Waals surface area contributed by atoms with Crippen molar-refractivity contribution < 1.29 is 31.5 Å². The van der Waals surface area contributed by atoms with Gasteiger partial charge in [0.25, 0.3) is 5.91 Å². The SMILES string of the molecule is O=C(Nc1cnn(Cc2ccc(F)cc2Cl)c1)c1ccc(COc2c(F)c(F)cc(F)c2F)cc1. The van der Waals surface area contributed by atoms with E-state index in [1.54, 1.807) is 6.20 Å². The molecule has 0 bridgehead atoms. The highest BCUT2D eigenvalue weighted by Gasteiger charge is 2.20. The van der Waals surface area contributed by atoms with Gasteiger partial charge in [-0.25, -0.2) is 13.2 Å². The predicted molar refractivity (Wildman–Crippen MR) is 118 cm³/mol. The summed E-state index contributed by atoms with van der Waals surface area (Å²) in [6, 6.07) is 9.90. The Balaban J connectivity index is 1.37. The van der Waals surface area contributed by atoms with Crippen molar-refractivity contribution in [3.63, 3.8) is 0 Å². The summed E-state index contributed by atoms with van der Waals surface area (Å²) in [7, 11) is 0. The van der Waals surface area contributed by atoms with Crippen molar-refractivity contribution in [3.8, 4) is 5.75 Å². The van der Waals surface area contributed by atoms with Crippen LogP contribution in [0.1, 0.15) is 21.5 Å². The Hall–Kier alpha value is -3.92. The van der Waals surface area contributed by atoms with Gasteiger partial charge in [0.2, 0.25) is 11.6 Å². The maximum atomic E-state index is 13.7. The summed E-state index contributed by atoms with van der Waals surface area (Å²) in [5, 5.41) is 7.05. The van der Waals surface area contributed by atoms with Crippen LogP contribution in [0.3, 0.4) is 0 Å². The van der Waals surface area contributed by atoms with E-state index in [2.05, 4.69) is 10.4 Å². The van der Waals surface area contributed by atoms with Crippen molar-refractivity contribution in [2.24, 2.45) is 0 Å². The molecule has 0 fully saturated rings. The predicted octanol–water partition coefficient (Wildman–Crippen LogP) is 6.11. The maximum Gasteiger partial charge on any atom is 0.255 e. The zero-order chi connectivity index (χ0) is 25.1. The molecule has 1 amide bonds. The number of ether oxygens (including phenoxy) is 1. The van der Waals surface area contributed by atoms with Gasteiger partial charge in [-0.15, -0.1) is 0 Å². The first-order valence-corrected chi connectivity index (χ1v) is 10.4. The molecule has 0 radical (unpaired) electrons. The van der Waals surface area contributed by atoms with Crippen molar-refractivity contribution in [2.45, 2.75) is 13.2 Å². The average Bonchev–Trinajstić information content (AvgIpc) is 3.26. The Labute approximate surface area is 200 Å². The van der Waals surface area contributed by atoms with Gasteiger partial charge in [0.1, 0.15) is 12.4 Å². The monoisotopic (exact) mass is 507 g/mol. The number of halogens is 6. The zero-order valence-electron chi connectivity index (χ0n) is 17.7. The molecule has 35 heavy (non-hydrogen) atoms. The Bertz CT molecular complexity index is 1370. The summed E-state index contributed by atoms with van der Waals surface area (Å²) < 4.78 is 73.5. The van der Waals surface area contributed by atoms with Gasteiger partial charge >= 0.3 is 0 Å². The number of nitrogens with zero attached hydrogens (tertiary/aromatic N) is 2. The van der Waals surface area contributed by atoms with E-state index in [1.165, 1.54) is 53.3 Å². The van der Waals surface area contributed by atoms with Crippen LogP contribution < -0.4 is 10.1 Å². The van der Waals surface area contributed by atoms with Gasteiger partial charge in [-0.2, -0.15) is 13.9 Å². The van der Waals surface area contributed by atoms with Gasteiger partial charge in [-0.05, 0) is 35.4 Å². The number of carbonyl (C=O) groups excluding carboxylic acids is 1. The van der Waals surface area contributed by atoms with Gasteiger partial charge in [0.15, 0.2) is 17.4 Å². The molecule has 11 heteroatoms. The van der Waals surface area contributed by atoms with E-state index in [-0.39, 0.29) is 23.2 Å². The molecule has 0 aliphatic heterocycles. The Morgan fingerprint density at radius 2 is 1.66 bits per heavy atom. The maximum absolute atomic E-state index is 13.7. The van der Waals surface area contributed by atoms with Gasteiger partial charge in [0.05, 0.1) is 18.4 Å². The van der Waals surface area contributed by atoms with E-state index in [0.29, 0.717) is 16.8 Å². The van der Waals surface area contributed by atoms with Gasteiger partial charge in [0, 0.05) is 22.8 Å². The summed E-state index contributed by atoms with van der Waals surface area (Å²) in [6.45, 7) is -0.128. The third-order valence-electron chi connectivity index (χ3n) is 4.91. The van der Waals surface area contributed by atoms with Crippen LogP contribution in [0.25, 0.3) is 0 Å². The standard InChI is InChI=1S/C24H15ClF5N3O2/c25-18-7-16(26)6-5-15(18)10-33-11-17(9-31-33)32-24(34)14-3-1-13(2-4-14)12-35-23-21(29)19(27)8-20(28)22(23)30/h1-9,11H,10,12H2,(H,32,34).